The number of nitrogens with zero attached hydrogens (tertiary/aromatic N) is 1. The van der Waals surface area contributed by atoms with Crippen molar-refractivity contribution < 1.29 is 17.9 Å². The first kappa shape index (κ1) is 11.1. The van der Waals surface area contributed by atoms with Crippen LogP contribution in [0.25, 0.3) is 0 Å². The van der Waals surface area contributed by atoms with Gasteiger partial charge in [-0.2, -0.15) is 18.3 Å². The van der Waals surface area contributed by atoms with E-state index in [-0.39, 0.29) is 5.69 Å². The van der Waals surface area contributed by atoms with Gasteiger partial charge < -0.3 is 4.74 Å². The lowest BCUT2D eigenvalue weighted by Gasteiger charge is -2.10. The molecule has 1 aliphatic rings. The Balaban J connectivity index is 2.39. The Hall–Kier alpha value is -1.37. The van der Waals surface area contributed by atoms with E-state index in [0.29, 0.717) is 13.0 Å². The second-order valence-corrected chi connectivity index (χ2v) is 3.54. The molecule has 0 spiro atoms. The standard InChI is InChI=1S/C9H9F3N2O2/c10-9(11,12)5-4-6(13-14-8(5)15)7-2-1-3-16-7/h4,7H,1-3H2,(H,14,15)/t7-/m0/s1. The Kier molecular flexibility index (Phi) is 2.71. The lowest BCUT2D eigenvalue weighted by atomic mass is 10.1. The molecule has 2 rings (SSSR count). The molecule has 1 N–H and O–H groups in total. The van der Waals surface area contributed by atoms with E-state index in [4.69, 9.17) is 4.74 Å². The van der Waals surface area contributed by atoms with E-state index >= 15 is 0 Å². The van der Waals surface area contributed by atoms with Gasteiger partial charge in [0.2, 0.25) is 0 Å². The van der Waals surface area contributed by atoms with Crippen LogP contribution in [0.4, 0.5) is 13.2 Å². The van der Waals surface area contributed by atoms with E-state index in [1.807, 2.05) is 5.10 Å². The molecule has 0 bridgehead atoms. The van der Waals surface area contributed by atoms with Crippen LogP contribution >= 0.6 is 0 Å². The van der Waals surface area contributed by atoms with Crippen molar-refractivity contribution in [2.75, 3.05) is 6.61 Å². The van der Waals surface area contributed by atoms with Gasteiger partial charge in [0.1, 0.15) is 11.7 Å². The Morgan fingerprint density at radius 1 is 1.50 bits per heavy atom. The Labute approximate surface area is 88.4 Å². The van der Waals surface area contributed by atoms with Crippen LogP contribution in [-0.4, -0.2) is 16.8 Å². The SMILES string of the molecule is O=c1[nH]nc([C@@H]2CCCO2)cc1C(F)(F)F. The van der Waals surface area contributed by atoms with Gasteiger partial charge in [-0.05, 0) is 18.9 Å². The van der Waals surface area contributed by atoms with Crippen LogP contribution in [0.3, 0.4) is 0 Å². The number of H-pyrrole nitrogens is 1. The van der Waals surface area contributed by atoms with Crippen LogP contribution < -0.4 is 5.56 Å². The summed E-state index contributed by atoms with van der Waals surface area (Å²) in [4.78, 5) is 11.0. The number of aromatic amines is 1. The maximum Gasteiger partial charge on any atom is 0.421 e. The summed E-state index contributed by atoms with van der Waals surface area (Å²) < 4.78 is 42.5. The van der Waals surface area contributed by atoms with Crippen molar-refractivity contribution in [3.63, 3.8) is 0 Å². The topological polar surface area (TPSA) is 55.0 Å². The maximum absolute atomic E-state index is 12.4. The highest BCUT2D eigenvalue weighted by Crippen LogP contribution is 2.30. The summed E-state index contributed by atoms with van der Waals surface area (Å²) in [6.07, 6.45) is -3.70. The van der Waals surface area contributed by atoms with Crippen molar-refractivity contribution in [3.05, 3.63) is 27.7 Å². The molecule has 1 fully saturated rings. The van der Waals surface area contributed by atoms with Crippen molar-refractivity contribution in [1.29, 1.82) is 0 Å². The molecule has 1 atom stereocenters. The summed E-state index contributed by atoms with van der Waals surface area (Å²) >= 11 is 0. The minimum absolute atomic E-state index is 0.129. The van der Waals surface area contributed by atoms with E-state index < -0.39 is 23.4 Å². The maximum atomic E-state index is 12.4. The molecule has 0 saturated carbocycles. The molecule has 7 heteroatoms. The van der Waals surface area contributed by atoms with Gasteiger partial charge in [0, 0.05) is 6.61 Å². The van der Waals surface area contributed by atoms with Crippen LogP contribution in [0.2, 0.25) is 0 Å². The molecule has 88 valence electrons. The molecule has 1 aliphatic heterocycles. The van der Waals surface area contributed by atoms with Gasteiger partial charge in [-0.15, -0.1) is 0 Å². The number of ether oxygens (including phenoxy) is 1. The summed E-state index contributed by atoms with van der Waals surface area (Å²) in [7, 11) is 0. The lowest BCUT2D eigenvalue weighted by Crippen LogP contribution is -2.23. The zero-order valence-electron chi connectivity index (χ0n) is 8.17. The molecule has 2 heterocycles. The number of hydrogen-bond acceptors (Lipinski definition) is 3. The highest BCUT2D eigenvalue weighted by atomic mass is 19.4. The second-order valence-electron chi connectivity index (χ2n) is 3.54. The van der Waals surface area contributed by atoms with Crippen molar-refractivity contribution in [2.24, 2.45) is 0 Å². The zero-order valence-corrected chi connectivity index (χ0v) is 8.17. The van der Waals surface area contributed by atoms with Crippen molar-refractivity contribution in [2.45, 2.75) is 25.1 Å². The Bertz CT molecular complexity index is 435. The average molecular weight is 234 g/mol. The third-order valence-electron chi connectivity index (χ3n) is 2.39. The smallest absolute Gasteiger partial charge is 0.372 e. The van der Waals surface area contributed by atoms with E-state index in [9.17, 15) is 18.0 Å². The molecule has 0 unspecified atom stereocenters. The summed E-state index contributed by atoms with van der Waals surface area (Å²) in [5.74, 6) is 0. The normalized spacial score (nSPS) is 21.3. The number of nitrogens with one attached hydrogen (secondary N) is 1. The van der Waals surface area contributed by atoms with Crippen molar-refractivity contribution in [3.8, 4) is 0 Å². The van der Waals surface area contributed by atoms with E-state index in [0.717, 1.165) is 12.5 Å². The second kappa shape index (κ2) is 3.89. The number of rotatable bonds is 1. The molecule has 4 nitrogen and oxygen atoms in total. The molecule has 0 radical (unpaired) electrons. The highest BCUT2D eigenvalue weighted by Gasteiger charge is 2.35. The highest BCUT2D eigenvalue weighted by molar-refractivity contribution is 5.18. The van der Waals surface area contributed by atoms with Gasteiger partial charge in [-0.25, -0.2) is 5.10 Å². The fraction of sp³-hybridized carbons (Fsp3) is 0.556. The van der Waals surface area contributed by atoms with Crippen LogP contribution in [-0.2, 0) is 10.9 Å². The molecule has 1 aromatic heterocycles. The summed E-state index contributed by atoms with van der Waals surface area (Å²) in [5, 5.41) is 5.42. The van der Waals surface area contributed by atoms with Gasteiger partial charge in [0.25, 0.3) is 5.56 Å². The number of aromatic nitrogens is 2. The van der Waals surface area contributed by atoms with Gasteiger partial charge in [0.15, 0.2) is 0 Å². The Morgan fingerprint density at radius 2 is 2.25 bits per heavy atom. The number of hydrogen-bond donors (Lipinski definition) is 1. The molecular weight excluding hydrogens is 225 g/mol. The molecular formula is C9H9F3N2O2. The van der Waals surface area contributed by atoms with Crippen LogP contribution in [0, 0.1) is 0 Å². The minimum atomic E-state index is -4.66. The first-order valence-corrected chi connectivity index (χ1v) is 4.77. The molecule has 1 saturated heterocycles. The van der Waals surface area contributed by atoms with Crippen LogP contribution in [0.5, 0.6) is 0 Å². The van der Waals surface area contributed by atoms with Crippen molar-refractivity contribution >= 4 is 0 Å². The predicted octanol–water partition coefficient (Wildman–Crippen LogP) is 1.64. The quantitative estimate of drug-likeness (QED) is 0.803. The number of alkyl halides is 3. The van der Waals surface area contributed by atoms with E-state index in [1.165, 1.54) is 0 Å². The molecule has 0 aromatic carbocycles. The van der Waals surface area contributed by atoms with Gasteiger partial charge in [-0.3, -0.25) is 4.79 Å². The third kappa shape index (κ3) is 2.08. The van der Waals surface area contributed by atoms with Gasteiger partial charge >= 0.3 is 6.18 Å². The minimum Gasteiger partial charge on any atom is -0.372 e. The number of halogens is 3. The lowest BCUT2D eigenvalue weighted by molar-refractivity contribution is -0.138. The van der Waals surface area contributed by atoms with Gasteiger partial charge in [0.05, 0.1) is 5.69 Å². The van der Waals surface area contributed by atoms with Crippen molar-refractivity contribution in [1.82, 2.24) is 10.2 Å². The van der Waals surface area contributed by atoms with Gasteiger partial charge in [-0.1, -0.05) is 0 Å². The first-order valence-electron chi connectivity index (χ1n) is 4.77. The van der Waals surface area contributed by atoms with Crippen LogP contribution in [0.1, 0.15) is 30.2 Å². The zero-order chi connectivity index (χ0) is 11.8. The molecule has 0 aliphatic carbocycles. The molecule has 16 heavy (non-hydrogen) atoms. The largest absolute Gasteiger partial charge is 0.421 e. The Morgan fingerprint density at radius 3 is 2.81 bits per heavy atom. The fourth-order valence-corrected chi connectivity index (χ4v) is 1.61. The first-order chi connectivity index (χ1) is 7.48. The predicted molar refractivity (Wildman–Crippen MR) is 47.8 cm³/mol. The summed E-state index contributed by atoms with van der Waals surface area (Å²) in [5.41, 5.74) is -2.33. The van der Waals surface area contributed by atoms with E-state index in [1.54, 1.807) is 0 Å². The fourth-order valence-electron chi connectivity index (χ4n) is 1.61. The monoisotopic (exact) mass is 234 g/mol. The van der Waals surface area contributed by atoms with Crippen LogP contribution in [0.15, 0.2) is 10.9 Å². The summed E-state index contributed by atoms with van der Waals surface area (Å²) in [6, 6.07) is 0.759. The van der Waals surface area contributed by atoms with E-state index in [2.05, 4.69) is 5.10 Å². The molecule has 0 amide bonds. The average Bonchev–Trinajstić information content (AvgIpc) is 2.69. The third-order valence-corrected chi connectivity index (χ3v) is 2.39. The molecule has 1 aromatic rings. The summed E-state index contributed by atoms with van der Waals surface area (Å²) in [6.45, 7) is 0.507.